The Hall–Kier alpha value is -0.120. The van der Waals surface area contributed by atoms with E-state index in [1.54, 1.807) is 0 Å². The van der Waals surface area contributed by atoms with Crippen molar-refractivity contribution >= 4 is 0 Å². The maximum atomic E-state index is 9.56. The van der Waals surface area contributed by atoms with Crippen LogP contribution in [0.25, 0.3) is 0 Å². The summed E-state index contributed by atoms with van der Waals surface area (Å²) in [5, 5.41) is 13.1. The van der Waals surface area contributed by atoms with Crippen molar-refractivity contribution < 1.29 is 9.84 Å². The van der Waals surface area contributed by atoms with Gasteiger partial charge in [-0.25, -0.2) is 0 Å². The summed E-state index contributed by atoms with van der Waals surface area (Å²) in [6, 6.07) is 0.791. The lowest BCUT2D eigenvalue weighted by molar-refractivity contribution is -0.0778. The molecule has 0 aromatic heterocycles. The van der Waals surface area contributed by atoms with Crippen LogP contribution < -0.4 is 5.32 Å². The van der Waals surface area contributed by atoms with E-state index in [1.807, 2.05) is 6.92 Å². The van der Waals surface area contributed by atoms with Gasteiger partial charge in [-0.2, -0.15) is 0 Å². The summed E-state index contributed by atoms with van der Waals surface area (Å²) >= 11 is 0. The van der Waals surface area contributed by atoms with Gasteiger partial charge in [0.2, 0.25) is 0 Å². The van der Waals surface area contributed by atoms with Crippen LogP contribution in [-0.2, 0) is 4.74 Å². The average molecular weight is 201 g/mol. The Morgan fingerprint density at radius 1 is 1.57 bits per heavy atom. The van der Waals surface area contributed by atoms with Crippen molar-refractivity contribution in [3.63, 3.8) is 0 Å². The van der Waals surface area contributed by atoms with E-state index in [9.17, 15) is 5.11 Å². The van der Waals surface area contributed by atoms with Crippen LogP contribution in [0.15, 0.2) is 0 Å². The monoisotopic (exact) mass is 201 g/mol. The Balaban J connectivity index is 2.25. The lowest BCUT2D eigenvalue weighted by atomic mass is 9.64. The van der Waals surface area contributed by atoms with Crippen molar-refractivity contribution in [1.29, 1.82) is 0 Å². The fourth-order valence-electron chi connectivity index (χ4n) is 1.87. The Morgan fingerprint density at radius 2 is 2.21 bits per heavy atom. The Labute approximate surface area is 86.8 Å². The minimum atomic E-state index is -0.153. The maximum absolute atomic E-state index is 9.56. The van der Waals surface area contributed by atoms with E-state index in [0.29, 0.717) is 12.1 Å². The van der Waals surface area contributed by atoms with E-state index < -0.39 is 0 Å². The van der Waals surface area contributed by atoms with Crippen LogP contribution in [0, 0.1) is 5.41 Å². The summed E-state index contributed by atoms with van der Waals surface area (Å²) in [4.78, 5) is 0. The van der Waals surface area contributed by atoms with Crippen molar-refractivity contribution in [1.82, 2.24) is 5.32 Å². The predicted molar refractivity (Wildman–Crippen MR) is 57.3 cm³/mol. The van der Waals surface area contributed by atoms with Crippen molar-refractivity contribution in [2.45, 2.75) is 52.3 Å². The highest BCUT2D eigenvalue weighted by Gasteiger charge is 2.47. The summed E-state index contributed by atoms with van der Waals surface area (Å²) < 4.78 is 5.33. The molecule has 1 rings (SSSR count). The normalized spacial score (nSPS) is 32.4. The first-order chi connectivity index (χ1) is 6.48. The molecule has 0 bridgehead atoms. The first-order valence-corrected chi connectivity index (χ1v) is 5.50. The second-order valence-electron chi connectivity index (χ2n) is 4.85. The quantitative estimate of drug-likeness (QED) is 0.701. The molecule has 0 spiro atoms. The van der Waals surface area contributed by atoms with Crippen molar-refractivity contribution in [2.75, 3.05) is 13.2 Å². The highest BCUT2D eigenvalue weighted by atomic mass is 16.5. The number of hydrogen-bond donors (Lipinski definition) is 2. The van der Waals surface area contributed by atoms with E-state index in [0.717, 1.165) is 19.6 Å². The summed E-state index contributed by atoms with van der Waals surface area (Å²) in [5.41, 5.74) is 0.0144. The molecule has 0 aromatic carbocycles. The van der Waals surface area contributed by atoms with Crippen LogP contribution in [-0.4, -0.2) is 36.5 Å². The van der Waals surface area contributed by atoms with Gasteiger partial charge in [0.25, 0.3) is 0 Å². The molecule has 1 saturated carbocycles. The van der Waals surface area contributed by atoms with Gasteiger partial charge in [0.15, 0.2) is 0 Å². The molecule has 0 aliphatic heterocycles. The summed E-state index contributed by atoms with van der Waals surface area (Å²) in [7, 11) is 0. The van der Waals surface area contributed by atoms with Crippen LogP contribution in [0.3, 0.4) is 0 Å². The molecular weight excluding hydrogens is 178 g/mol. The molecule has 3 nitrogen and oxygen atoms in total. The molecule has 3 heteroatoms. The smallest absolute Gasteiger partial charge is 0.0621 e. The largest absolute Gasteiger partial charge is 0.392 e. The van der Waals surface area contributed by atoms with Gasteiger partial charge >= 0.3 is 0 Å². The number of aliphatic hydroxyl groups is 1. The number of ether oxygens (including phenoxy) is 1. The standard InChI is InChI=1S/C11H23NO2/c1-5-14-7-8(2)12-9-6-10(13)11(9,3)4/h8-10,12-13H,5-7H2,1-4H3. The molecular formula is C11H23NO2. The van der Waals surface area contributed by atoms with Gasteiger partial charge in [-0.15, -0.1) is 0 Å². The zero-order chi connectivity index (χ0) is 10.8. The zero-order valence-electron chi connectivity index (χ0n) is 9.71. The Morgan fingerprint density at radius 3 is 2.64 bits per heavy atom. The van der Waals surface area contributed by atoms with Crippen LogP contribution in [0.4, 0.5) is 0 Å². The first kappa shape index (κ1) is 12.0. The fourth-order valence-corrected chi connectivity index (χ4v) is 1.87. The van der Waals surface area contributed by atoms with Crippen LogP contribution in [0.5, 0.6) is 0 Å². The number of rotatable bonds is 5. The summed E-state index contributed by atoms with van der Waals surface area (Å²) in [5.74, 6) is 0. The topological polar surface area (TPSA) is 41.5 Å². The fraction of sp³-hybridized carbons (Fsp3) is 1.00. The van der Waals surface area contributed by atoms with Gasteiger partial charge in [0.05, 0.1) is 12.7 Å². The minimum absolute atomic E-state index is 0.0144. The zero-order valence-corrected chi connectivity index (χ0v) is 9.71. The van der Waals surface area contributed by atoms with E-state index in [2.05, 4.69) is 26.1 Å². The first-order valence-electron chi connectivity index (χ1n) is 5.50. The van der Waals surface area contributed by atoms with Crippen molar-refractivity contribution in [3.8, 4) is 0 Å². The third-order valence-electron chi connectivity index (χ3n) is 3.27. The molecule has 3 unspecified atom stereocenters. The van der Waals surface area contributed by atoms with E-state index >= 15 is 0 Å². The molecule has 14 heavy (non-hydrogen) atoms. The predicted octanol–water partition coefficient (Wildman–Crippen LogP) is 1.16. The number of nitrogens with one attached hydrogen (secondary N) is 1. The lowest BCUT2D eigenvalue weighted by Gasteiger charge is -2.50. The van der Waals surface area contributed by atoms with Crippen LogP contribution >= 0.6 is 0 Å². The minimum Gasteiger partial charge on any atom is -0.392 e. The van der Waals surface area contributed by atoms with Gasteiger partial charge in [-0.1, -0.05) is 13.8 Å². The third-order valence-corrected chi connectivity index (χ3v) is 3.27. The van der Waals surface area contributed by atoms with Gasteiger partial charge in [-0.05, 0) is 20.3 Å². The summed E-state index contributed by atoms with van der Waals surface area (Å²) in [6.07, 6.45) is 0.711. The molecule has 2 N–H and O–H groups in total. The Bertz CT molecular complexity index is 182. The number of hydrogen-bond acceptors (Lipinski definition) is 3. The van der Waals surface area contributed by atoms with Gasteiger partial charge in [-0.3, -0.25) is 0 Å². The molecule has 0 radical (unpaired) electrons. The van der Waals surface area contributed by atoms with Gasteiger partial charge in [0, 0.05) is 24.1 Å². The van der Waals surface area contributed by atoms with Crippen molar-refractivity contribution in [3.05, 3.63) is 0 Å². The average Bonchev–Trinajstić information content (AvgIpc) is 2.14. The Kier molecular flexibility index (Phi) is 3.93. The molecule has 1 fully saturated rings. The van der Waals surface area contributed by atoms with Crippen LogP contribution in [0.1, 0.15) is 34.1 Å². The van der Waals surface area contributed by atoms with Crippen molar-refractivity contribution in [2.24, 2.45) is 5.41 Å². The number of aliphatic hydroxyl groups excluding tert-OH is 1. The highest BCUT2D eigenvalue weighted by Crippen LogP contribution is 2.40. The molecule has 0 heterocycles. The summed E-state index contributed by atoms with van der Waals surface area (Å²) in [6.45, 7) is 9.85. The molecule has 3 atom stereocenters. The third kappa shape index (κ3) is 2.47. The molecule has 0 amide bonds. The van der Waals surface area contributed by atoms with E-state index in [1.165, 1.54) is 0 Å². The molecule has 0 saturated heterocycles. The lowest BCUT2D eigenvalue weighted by Crippen LogP contribution is -2.62. The second-order valence-corrected chi connectivity index (χ2v) is 4.85. The van der Waals surface area contributed by atoms with Crippen LogP contribution in [0.2, 0.25) is 0 Å². The van der Waals surface area contributed by atoms with Gasteiger partial charge in [0.1, 0.15) is 0 Å². The van der Waals surface area contributed by atoms with Gasteiger partial charge < -0.3 is 15.2 Å². The molecule has 1 aliphatic carbocycles. The second kappa shape index (κ2) is 4.60. The molecule has 1 aliphatic rings. The molecule has 0 aromatic rings. The van der Waals surface area contributed by atoms with E-state index in [-0.39, 0.29) is 11.5 Å². The van der Waals surface area contributed by atoms with E-state index in [4.69, 9.17) is 4.74 Å². The molecule has 84 valence electrons. The maximum Gasteiger partial charge on any atom is 0.0621 e. The highest BCUT2D eigenvalue weighted by molar-refractivity contribution is 5.02. The SMILES string of the molecule is CCOCC(C)NC1CC(O)C1(C)C.